The van der Waals surface area contributed by atoms with Crippen LogP contribution in [0.4, 0.5) is 0 Å². The molecular weight excluding hydrogens is 250 g/mol. The minimum atomic E-state index is -0.109. The Kier molecular flexibility index (Phi) is 3.03. The van der Waals surface area contributed by atoms with Crippen molar-refractivity contribution in [3.05, 3.63) is 78.0 Å². The standard InChI is InChI=1S/C17H15NO2/c1-3-18-16(12-8-10-13(20-2)11-9-12)14-6-4-5-7-15(14)17(18)19/h3-11,16H,1H2,2H3. The highest BCUT2D eigenvalue weighted by molar-refractivity contribution is 6.00. The lowest BCUT2D eigenvalue weighted by Gasteiger charge is -2.22. The Morgan fingerprint density at radius 1 is 1.15 bits per heavy atom. The molecule has 1 aliphatic heterocycles. The summed E-state index contributed by atoms with van der Waals surface area (Å²) in [6, 6.07) is 15.4. The largest absolute Gasteiger partial charge is 0.497 e. The Labute approximate surface area is 118 Å². The normalized spacial score (nSPS) is 16.9. The second-order valence-corrected chi connectivity index (χ2v) is 4.66. The Bertz CT molecular complexity index is 661. The van der Waals surface area contributed by atoms with E-state index < -0.39 is 0 Å². The number of ether oxygens (including phenoxy) is 1. The number of hydrogen-bond donors (Lipinski definition) is 0. The zero-order valence-corrected chi connectivity index (χ0v) is 11.2. The Hall–Kier alpha value is -2.55. The van der Waals surface area contributed by atoms with Gasteiger partial charge in [0, 0.05) is 11.8 Å². The van der Waals surface area contributed by atoms with E-state index in [2.05, 4.69) is 6.58 Å². The molecule has 3 nitrogen and oxygen atoms in total. The summed E-state index contributed by atoms with van der Waals surface area (Å²) in [6.07, 6.45) is 1.59. The van der Waals surface area contributed by atoms with Gasteiger partial charge < -0.3 is 9.64 Å². The maximum Gasteiger partial charge on any atom is 0.259 e. The number of benzene rings is 2. The fraction of sp³-hybridized carbons (Fsp3) is 0.118. The molecule has 0 saturated heterocycles. The first kappa shape index (κ1) is 12.5. The smallest absolute Gasteiger partial charge is 0.259 e. The van der Waals surface area contributed by atoms with Crippen LogP contribution in [0.2, 0.25) is 0 Å². The van der Waals surface area contributed by atoms with Gasteiger partial charge in [-0.25, -0.2) is 0 Å². The molecule has 1 unspecified atom stereocenters. The van der Waals surface area contributed by atoms with Gasteiger partial charge in [0.2, 0.25) is 0 Å². The molecule has 1 amide bonds. The van der Waals surface area contributed by atoms with Crippen LogP contribution in [-0.2, 0) is 0 Å². The molecule has 2 aromatic carbocycles. The molecule has 0 bridgehead atoms. The number of amides is 1. The van der Waals surface area contributed by atoms with E-state index in [9.17, 15) is 4.79 Å². The summed E-state index contributed by atoms with van der Waals surface area (Å²) in [5.74, 6) is 0.799. The molecule has 0 radical (unpaired) electrons. The Balaban J connectivity index is 2.10. The molecule has 3 heteroatoms. The molecule has 1 aliphatic rings. The molecule has 0 fully saturated rings. The van der Waals surface area contributed by atoms with Gasteiger partial charge >= 0.3 is 0 Å². The van der Waals surface area contributed by atoms with Crippen LogP contribution in [0.15, 0.2) is 61.3 Å². The van der Waals surface area contributed by atoms with E-state index in [0.29, 0.717) is 0 Å². The summed E-state index contributed by atoms with van der Waals surface area (Å²) in [5.41, 5.74) is 2.81. The zero-order chi connectivity index (χ0) is 14.1. The molecule has 20 heavy (non-hydrogen) atoms. The maximum atomic E-state index is 12.4. The van der Waals surface area contributed by atoms with Crippen molar-refractivity contribution in [2.45, 2.75) is 6.04 Å². The first-order chi connectivity index (χ1) is 9.76. The third kappa shape index (κ3) is 1.79. The van der Waals surface area contributed by atoms with Gasteiger partial charge in [-0.15, -0.1) is 0 Å². The highest BCUT2D eigenvalue weighted by atomic mass is 16.5. The fourth-order valence-electron chi connectivity index (χ4n) is 2.65. The molecule has 100 valence electrons. The highest BCUT2D eigenvalue weighted by Crippen LogP contribution is 2.38. The molecule has 0 saturated carbocycles. The Morgan fingerprint density at radius 3 is 2.50 bits per heavy atom. The second-order valence-electron chi connectivity index (χ2n) is 4.66. The van der Waals surface area contributed by atoms with Gasteiger partial charge in [0.05, 0.1) is 13.2 Å². The first-order valence-corrected chi connectivity index (χ1v) is 6.44. The van der Waals surface area contributed by atoms with Crippen molar-refractivity contribution in [2.24, 2.45) is 0 Å². The van der Waals surface area contributed by atoms with Gasteiger partial charge in [0.15, 0.2) is 0 Å². The summed E-state index contributed by atoms with van der Waals surface area (Å²) in [5, 5.41) is 0. The quantitative estimate of drug-likeness (QED) is 0.851. The summed E-state index contributed by atoms with van der Waals surface area (Å²) in [6.45, 7) is 3.77. The number of hydrogen-bond acceptors (Lipinski definition) is 2. The summed E-state index contributed by atoms with van der Waals surface area (Å²) >= 11 is 0. The summed E-state index contributed by atoms with van der Waals surface area (Å²) in [4.78, 5) is 14.0. The van der Waals surface area contributed by atoms with E-state index in [1.807, 2.05) is 48.5 Å². The predicted octanol–water partition coefficient (Wildman–Crippen LogP) is 3.38. The monoisotopic (exact) mass is 265 g/mol. The van der Waals surface area contributed by atoms with Crippen LogP contribution in [0.5, 0.6) is 5.75 Å². The van der Waals surface area contributed by atoms with Crippen LogP contribution in [0.1, 0.15) is 27.5 Å². The number of fused-ring (bicyclic) bond motifs is 1. The van der Waals surface area contributed by atoms with E-state index in [1.54, 1.807) is 18.2 Å². The third-order valence-corrected chi connectivity index (χ3v) is 3.63. The number of methoxy groups -OCH3 is 1. The van der Waals surface area contributed by atoms with Gasteiger partial charge in [0.25, 0.3) is 5.91 Å². The van der Waals surface area contributed by atoms with Crippen LogP contribution in [0, 0.1) is 0 Å². The van der Waals surface area contributed by atoms with Crippen molar-refractivity contribution in [3.8, 4) is 5.75 Å². The van der Waals surface area contributed by atoms with Gasteiger partial charge in [-0.3, -0.25) is 4.79 Å². The fourth-order valence-corrected chi connectivity index (χ4v) is 2.65. The van der Waals surface area contributed by atoms with Crippen LogP contribution < -0.4 is 4.74 Å². The zero-order valence-electron chi connectivity index (χ0n) is 11.2. The lowest BCUT2D eigenvalue weighted by molar-refractivity contribution is 0.0823. The van der Waals surface area contributed by atoms with Crippen molar-refractivity contribution >= 4 is 5.91 Å². The van der Waals surface area contributed by atoms with Crippen molar-refractivity contribution < 1.29 is 9.53 Å². The lowest BCUT2D eigenvalue weighted by atomic mass is 9.98. The van der Waals surface area contributed by atoms with Crippen molar-refractivity contribution in [3.63, 3.8) is 0 Å². The van der Waals surface area contributed by atoms with E-state index in [4.69, 9.17) is 4.74 Å². The number of rotatable bonds is 3. The summed E-state index contributed by atoms with van der Waals surface area (Å²) in [7, 11) is 1.64. The van der Waals surface area contributed by atoms with Crippen molar-refractivity contribution in [1.29, 1.82) is 0 Å². The molecule has 2 aromatic rings. The maximum absolute atomic E-state index is 12.4. The molecule has 0 N–H and O–H groups in total. The van der Waals surface area contributed by atoms with Crippen molar-refractivity contribution in [1.82, 2.24) is 4.90 Å². The molecule has 0 spiro atoms. The van der Waals surface area contributed by atoms with Gasteiger partial charge in [-0.05, 0) is 29.3 Å². The minimum Gasteiger partial charge on any atom is -0.497 e. The van der Waals surface area contributed by atoms with Crippen LogP contribution in [0.3, 0.4) is 0 Å². The average Bonchev–Trinajstić information content (AvgIpc) is 2.80. The SMILES string of the molecule is C=CN1C(=O)c2ccccc2C1c1ccc(OC)cc1. The van der Waals surface area contributed by atoms with Crippen LogP contribution in [-0.4, -0.2) is 17.9 Å². The molecule has 0 aliphatic carbocycles. The highest BCUT2D eigenvalue weighted by Gasteiger charge is 2.35. The molecule has 3 rings (SSSR count). The van der Waals surface area contributed by atoms with Gasteiger partial charge in [0.1, 0.15) is 5.75 Å². The molecule has 1 atom stereocenters. The third-order valence-electron chi connectivity index (χ3n) is 3.63. The van der Waals surface area contributed by atoms with E-state index in [0.717, 1.165) is 22.4 Å². The predicted molar refractivity (Wildman–Crippen MR) is 77.6 cm³/mol. The van der Waals surface area contributed by atoms with E-state index in [-0.39, 0.29) is 11.9 Å². The van der Waals surface area contributed by atoms with Crippen LogP contribution >= 0.6 is 0 Å². The van der Waals surface area contributed by atoms with Gasteiger partial charge in [-0.2, -0.15) is 0 Å². The lowest BCUT2D eigenvalue weighted by Crippen LogP contribution is -2.22. The van der Waals surface area contributed by atoms with E-state index >= 15 is 0 Å². The molecule has 0 aromatic heterocycles. The average molecular weight is 265 g/mol. The number of carbonyl (C=O) groups excluding carboxylic acids is 1. The van der Waals surface area contributed by atoms with Crippen LogP contribution in [0.25, 0.3) is 0 Å². The van der Waals surface area contributed by atoms with Gasteiger partial charge in [-0.1, -0.05) is 36.9 Å². The molecular formula is C17H15NO2. The minimum absolute atomic E-state index is 0.00332. The summed E-state index contributed by atoms with van der Waals surface area (Å²) < 4.78 is 5.17. The number of nitrogens with zero attached hydrogens (tertiary/aromatic N) is 1. The van der Waals surface area contributed by atoms with E-state index in [1.165, 1.54) is 0 Å². The molecule has 1 heterocycles. The number of carbonyl (C=O) groups is 1. The van der Waals surface area contributed by atoms with Crippen molar-refractivity contribution in [2.75, 3.05) is 7.11 Å². The second kappa shape index (κ2) is 4.85. The Morgan fingerprint density at radius 2 is 1.85 bits per heavy atom. The first-order valence-electron chi connectivity index (χ1n) is 6.44. The topological polar surface area (TPSA) is 29.5 Å².